The molecule has 1 aliphatic rings. The fourth-order valence-electron chi connectivity index (χ4n) is 1.97. The molecule has 2 heterocycles. The first-order chi connectivity index (χ1) is 11.7. The summed E-state index contributed by atoms with van der Waals surface area (Å²) in [5, 5.41) is 40.7. The van der Waals surface area contributed by atoms with E-state index in [1.54, 1.807) is 0 Å². The highest BCUT2D eigenvalue weighted by molar-refractivity contribution is 7.73. The number of azide groups is 1. The molecule has 0 saturated carbocycles. The maximum atomic E-state index is 11.7. The number of nitrogens with one attached hydrogen (secondary N) is 1. The Bertz CT molecular complexity index is 724. The van der Waals surface area contributed by atoms with Crippen LogP contribution in [0.5, 0.6) is 0 Å². The second-order valence-electron chi connectivity index (χ2n) is 4.52. The maximum absolute atomic E-state index is 11.7. The third kappa shape index (κ3) is 4.69. The Hall–Kier alpha value is -2.14. The third-order valence-electron chi connectivity index (χ3n) is 3.07. The van der Waals surface area contributed by atoms with Gasteiger partial charge in [0.2, 0.25) is 12.0 Å². The molecule has 6 N–H and O–H groups in total. The van der Waals surface area contributed by atoms with Gasteiger partial charge in [-0.1, -0.05) is 5.11 Å². The van der Waals surface area contributed by atoms with Gasteiger partial charge in [0, 0.05) is 11.0 Å². The van der Waals surface area contributed by atoms with E-state index in [9.17, 15) is 20.1 Å². The molecule has 0 spiro atoms. The average Bonchev–Trinajstić information content (AvgIpc) is 2.81. The third-order valence-corrected chi connectivity index (χ3v) is 3.18. The highest BCUT2D eigenvalue weighted by Gasteiger charge is 2.56. The zero-order valence-corrected chi connectivity index (χ0v) is 13.0. The van der Waals surface area contributed by atoms with Gasteiger partial charge in [-0.15, -0.1) is 0 Å². The van der Waals surface area contributed by atoms with E-state index in [4.69, 9.17) is 30.0 Å². The van der Waals surface area contributed by atoms with Crippen molar-refractivity contribution in [2.45, 2.75) is 24.2 Å². The molecule has 1 saturated heterocycles. The molecule has 5 atom stereocenters. The summed E-state index contributed by atoms with van der Waals surface area (Å²) in [7, 11) is 0. The molecule has 1 aliphatic heterocycles. The molecule has 2 rings (SSSR count). The first-order valence-corrected chi connectivity index (χ1v) is 7.23. The van der Waals surface area contributed by atoms with E-state index < -0.39 is 47.8 Å². The Labute approximate surface area is 140 Å². The molecular formula is C9H13N6O9S-. The SMILES string of the molecule is O=S([O-])O[O-].[N-]=[N+]=N[C@]1(CO)O[C@@H]([n+]2ccc(N)[nH]c2=O)[C@H](O)[C@@H]1O. The number of aliphatic hydroxyl groups excluding tert-OH is 3. The van der Waals surface area contributed by atoms with E-state index in [1.165, 1.54) is 12.3 Å². The minimum absolute atomic E-state index is 0.0998. The van der Waals surface area contributed by atoms with Crippen molar-refractivity contribution in [3.8, 4) is 0 Å². The first kappa shape index (κ1) is 20.9. The number of aliphatic hydroxyl groups is 3. The molecule has 1 aromatic rings. The Kier molecular flexibility index (Phi) is 7.37. The van der Waals surface area contributed by atoms with Crippen molar-refractivity contribution in [1.29, 1.82) is 0 Å². The quantitative estimate of drug-likeness (QED) is 0.0635. The molecule has 0 bridgehead atoms. The minimum atomic E-state index is -2.88. The van der Waals surface area contributed by atoms with Crippen LogP contribution in [0.2, 0.25) is 0 Å². The van der Waals surface area contributed by atoms with Gasteiger partial charge in [-0.25, -0.2) is 4.21 Å². The molecule has 25 heavy (non-hydrogen) atoms. The highest BCUT2D eigenvalue weighted by Crippen LogP contribution is 2.35. The molecule has 0 aromatic carbocycles. The standard InChI is InChI=1S/C9H12N6O5.H2O4S/c10-4-1-2-15(8(19)12-4)7-5(17)6(18)9(3-16,20-7)13-14-11;1-4-5(2)3/h1-2,5-7,16-18H,3H2,(H2,10,12,19);1H,(H,2,3)/p-1/t5-,6+,7-,9-;/m1./s1. The number of aromatic amines is 1. The number of nitrogen functional groups attached to an aromatic ring is 1. The van der Waals surface area contributed by atoms with Crippen molar-refractivity contribution in [2.75, 3.05) is 12.3 Å². The minimum Gasteiger partial charge on any atom is -0.750 e. The predicted molar refractivity (Wildman–Crippen MR) is 72.8 cm³/mol. The highest BCUT2D eigenvalue weighted by atomic mass is 32.2. The number of ether oxygens (including phenoxy) is 1. The van der Waals surface area contributed by atoms with Gasteiger partial charge in [0.05, 0.1) is 18.0 Å². The number of hydrogen-bond acceptors (Lipinski definition) is 11. The lowest BCUT2D eigenvalue weighted by Crippen LogP contribution is -2.58. The fraction of sp³-hybridized carbons (Fsp3) is 0.556. The number of nitrogens with two attached hydrogens (primary N) is 1. The number of anilines is 1. The Morgan fingerprint density at radius 3 is 2.68 bits per heavy atom. The van der Waals surface area contributed by atoms with Crippen molar-refractivity contribution in [3.63, 3.8) is 0 Å². The molecule has 1 unspecified atom stereocenters. The number of hydrogen-bond donors (Lipinski definition) is 5. The van der Waals surface area contributed by atoms with Crippen LogP contribution in [0.25, 0.3) is 10.4 Å². The van der Waals surface area contributed by atoms with Crippen LogP contribution in [0, 0.1) is 0 Å². The van der Waals surface area contributed by atoms with Crippen LogP contribution in [-0.4, -0.2) is 53.6 Å². The van der Waals surface area contributed by atoms with E-state index in [0.29, 0.717) is 0 Å². The van der Waals surface area contributed by atoms with Crippen LogP contribution < -0.4 is 21.2 Å². The van der Waals surface area contributed by atoms with Gasteiger partial charge >= 0.3 is 5.69 Å². The summed E-state index contributed by atoms with van der Waals surface area (Å²) in [5.41, 5.74) is 11.1. The molecule has 0 amide bonds. The maximum Gasteiger partial charge on any atom is 0.499 e. The molecule has 0 aliphatic carbocycles. The topological polar surface area (TPSA) is 254 Å². The van der Waals surface area contributed by atoms with E-state index >= 15 is 0 Å². The van der Waals surface area contributed by atoms with Crippen LogP contribution in [-0.2, 0) is 20.4 Å². The Balaban J connectivity index is 0.000000550. The summed E-state index contributed by atoms with van der Waals surface area (Å²) in [6.45, 7) is -0.862. The molecule has 1 fully saturated rings. The molecule has 0 radical (unpaired) electrons. The molecule has 15 nitrogen and oxygen atoms in total. The van der Waals surface area contributed by atoms with Crippen LogP contribution in [0.4, 0.5) is 5.82 Å². The van der Waals surface area contributed by atoms with Crippen molar-refractivity contribution < 1.29 is 43.0 Å². The lowest BCUT2D eigenvalue weighted by Gasteiger charge is -2.22. The van der Waals surface area contributed by atoms with Gasteiger partial charge in [-0.05, 0) is 5.53 Å². The van der Waals surface area contributed by atoms with E-state index in [-0.39, 0.29) is 5.82 Å². The average molecular weight is 381 g/mol. The van der Waals surface area contributed by atoms with Crippen LogP contribution >= 0.6 is 0 Å². The summed E-state index contributed by atoms with van der Waals surface area (Å²) in [6.07, 6.45) is -3.38. The summed E-state index contributed by atoms with van der Waals surface area (Å²) in [5.74, 6) is 0.0998. The van der Waals surface area contributed by atoms with Gasteiger partial charge in [0.25, 0.3) is 0 Å². The van der Waals surface area contributed by atoms with Gasteiger partial charge < -0.3 is 39.9 Å². The first-order valence-electron chi connectivity index (χ1n) is 6.23. The van der Waals surface area contributed by atoms with Gasteiger partial charge in [0.15, 0.2) is 5.82 Å². The van der Waals surface area contributed by atoms with E-state index in [2.05, 4.69) is 19.3 Å². The van der Waals surface area contributed by atoms with Crippen LogP contribution in [0.1, 0.15) is 6.23 Å². The number of H-pyrrole nitrogens is 1. The molecule has 140 valence electrons. The smallest absolute Gasteiger partial charge is 0.499 e. The van der Waals surface area contributed by atoms with Crippen molar-refractivity contribution >= 4 is 17.2 Å². The summed E-state index contributed by atoms with van der Waals surface area (Å²) < 4.78 is 26.2. The lowest BCUT2D eigenvalue weighted by molar-refractivity contribution is -0.781. The molecular weight excluding hydrogens is 368 g/mol. The van der Waals surface area contributed by atoms with Gasteiger partial charge in [0.1, 0.15) is 18.4 Å². The van der Waals surface area contributed by atoms with Crippen molar-refractivity contribution in [2.24, 2.45) is 5.11 Å². The normalized spacial score (nSPS) is 29.2. The van der Waals surface area contributed by atoms with Crippen LogP contribution in [0.15, 0.2) is 22.2 Å². The Morgan fingerprint density at radius 2 is 2.24 bits per heavy atom. The second-order valence-corrected chi connectivity index (χ2v) is 5.06. The number of aromatic nitrogens is 2. The van der Waals surface area contributed by atoms with E-state index in [1.807, 2.05) is 0 Å². The van der Waals surface area contributed by atoms with Crippen molar-refractivity contribution in [3.05, 3.63) is 33.2 Å². The number of rotatable bonds is 4. The number of nitrogens with zero attached hydrogens (tertiary/aromatic N) is 4. The predicted octanol–water partition coefficient (Wildman–Crippen LogP) is -4.43. The van der Waals surface area contributed by atoms with Gasteiger partial charge in [-0.2, -0.15) is 14.3 Å². The summed E-state index contributed by atoms with van der Waals surface area (Å²) in [4.78, 5) is 16.5. The molecule has 1 aromatic heterocycles. The second kappa shape index (κ2) is 8.81. The zero-order valence-electron chi connectivity index (χ0n) is 12.2. The molecule has 16 heteroatoms. The fourth-order valence-corrected chi connectivity index (χ4v) is 1.97. The summed E-state index contributed by atoms with van der Waals surface area (Å²) >= 11 is -2.88. The van der Waals surface area contributed by atoms with E-state index in [0.717, 1.165) is 4.57 Å². The zero-order chi connectivity index (χ0) is 19.2. The van der Waals surface area contributed by atoms with Gasteiger partial charge in [-0.3, -0.25) is 0 Å². The Morgan fingerprint density at radius 1 is 1.64 bits per heavy atom. The summed E-state index contributed by atoms with van der Waals surface area (Å²) in [6, 6.07) is 1.34. The largest absolute Gasteiger partial charge is 0.750 e. The van der Waals surface area contributed by atoms with Crippen LogP contribution in [0.3, 0.4) is 0 Å². The lowest BCUT2D eigenvalue weighted by atomic mass is 10.1. The monoisotopic (exact) mass is 381 g/mol. The van der Waals surface area contributed by atoms with Crippen molar-refractivity contribution in [1.82, 2.24) is 4.98 Å².